The molecule has 9 heteroatoms. The number of thioether (sulfide) groups is 1. The Morgan fingerprint density at radius 1 is 0.970 bits per heavy atom. The summed E-state index contributed by atoms with van der Waals surface area (Å²) >= 11 is 1.29. The van der Waals surface area contributed by atoms with Crippen LogP contribution in [0.3, 0.4) is 0 Å². The number of hydrogen-bond acceptors (Lipinski definition) is 7. The molecule has 0 unspecified atom stereocenters. The molecule has 1 amide bonds. The van der Waals surface area contributed by atoms with Crippen LogP contribution in [-0.4, -0.2) is 45.7 Å². The molecule has 0 bridgehead atoms. The van der Waals surface area contributed by atoms with Crippen LogP contribution in [0.5, 0.6) is 11.5 Å². The van der Waals surface area contributed by atoms with Crippen LogP contribution in [0.2, 0.25) is 0 Å². The molecule has 2 aromatic carbocycles. The summed E-state index contributed by atoms with van der Waals surface area (Å²) in [6.07, 6.45) is 0. The fraction of sp³-hybridized carbons (Fsp3) is 0.250. The fourth-order valence-electron chi connectivity index (χ4n) is 3.69. The van der Waals surface area contributed by atoms with Crippen molar-refractivity contribution in [3.05, 3.63) is 59.2 Å². The molecule has 0 aliphatic rings. The van der Waals surface area contributed by atoms with E-state index in [1.165, 1.54) is 17.3 Å². The summed E-state index contributed by atoms with van der Waals surface area (Å²) in [5, 5.41) is 16.6. The first-order valence-electron chi connectivity index (χ1n) is 10.3. The van der Waals surface area contributed by atoms with Gasteiger partial charge in [0.1, 0.15) is 0 Å². The van der Waals surface area contributed by atoms with E-state index in [0.29, 0.717) is 22.3 Å². The number of carbonyl (C=O) groups excluding carboxylic acids is 1. The van der Waals surface area contributed by atoms with Crippen LogP contribution in [0, 0.1) is 20.8 Å². The SMILES string of the molecule is COc1ccc(-c2ccc3nnc(SCC(=O)Nc4c(C)cc(C)cc4C)n3n2)cc1OC. The van der Waals surface area contributed by atoms with E-state index >= 15 is 0 Å². The van der Waals surface area contributed by atoms with Crippen LogP contribution in [0.4, 0.5) is 5.69 Å². The summed E-state index contributed by atoms with van der Waals surface area (Å²) in [6, 6.07) is 13.4. The van der Waals surface area contributed by atoms with Crippen molar-refractivity contribution >= 4 is 29.0 Å². The minimum Gasteiger partial charge on any atom is -0.493 e. The van der Waals surface area contributed by atoms with E-state index in [1.807, 2.05) is 51.1 Å². The summed E-state index contributed by atoms with van der Waals surface area (Å²) in [5.41, 5.74) is 6.30. The maximum Gasteiger partial charge on any atom is 0.234 e. The molecule has 0 saturated carbocycles. The minimum atomic E-state index is -0.108. The van der Waals surface area contributed by atoms with E-state index in [9.17, 15) is 4.79 Å². The minimum absolute atomic E-state index is 0.108. The molecule has 33 heavy (non-hydrogen) atoms. The van der Waals surface area contributed by atoms with Gasteiger partial charge in [-0.25, -0.2) is 0 Å². The van der Waals surface area contributed by atoms with Gasteiger partial charge >= 0.3 is 0 Å². The zero-order valence-corrected chi connectivity index (χ0v) is 20.0. The zero-order chi connectivity index (χ0) is 23.5. The molecule has 170 valence electrons. The van der Waals surface area contributed by atoms with Crippen molar-refractivity contribution in [2.75, 3.05) is 25.3 Å². The van der Waals surface area contributed by atoms with Gasteiger partial charge in [-0.15, -0.1) is 10.2 Å². The largest absolute Gasteiger partial charge is 0.493 e. The normalized spacial score (nSPS) is 10.9. The smallest absolute Gasteiger partial charge is 0.234 e. The second kappa shape index (κ2) is 9.50. The third-order valence-corrected chi connectivity index (χ3v) is 6.11. The topological polar surface area (TPSA) is 90.6 Å². The molecule has 8 nitrogen and oxygen atoms in total. The van der Waals surface area contributed by atoms with Crippen molar-refractivity contribution in [2.45, 2.75) is 25.9 Å². The molecule has 2 heterocycles. The average Bonchev–Trinajstić information content (AvgIpc) is 3.21. The van der Waals surface area contributed by atoms with Gasteiger partial charge in [-0.05, 0) is 62.2 Å². The number of hydrogen-bond donors (Lipinski definition) is 1. The number of aryl methyl sites for hydroxylation is 3. The van der Waals surface area contributed by atoms with E-state index in [2.05, 4.69) is 32.7 Å². The standard InChI is InChI=1S/C24H25N5O3S/c1-14-10-15(2)23(16(3)11-14)25-22(30)13-33-24-27-26-21-9-7-18(28-29(21)24)17-6-8-19(31-4)20(12-17)32-5/h6-12H,13H2,1-5H3,(H,25,30). The molecule has 0 aliphatic carbocycles. The Kier molecular flexibility index (Phi) is 6.50. The molecule has 0 fully saturated rings. The fourth-order valence-corrected chi connectivity index (χ4v) is 4.38. The molecular formula is C24H25N5O3S. The summed E-state index contributed by atoms with van der Waals surface area (Å²) < 4.78 is 12.4. The Morgan fingerprint density at radius 3 is 2.39 bits per heavy atom. The van der Waals surface area contributed by atoms with Crippen LogP contribution in [0.25, 0.3) is 16.9 Å². The lowest BCUT2D eigenvalue weighted by Crippen LogP contribution is -2.16. The zero-order valence-electron chi connectivity index (χ0n) is 19.2. The number of methoxy groups -OCH3 is 2. The van der Waals surface area contributed by atoms with Gasteiger partial charge in [-0.3, -0.25) is 4.79 Å². The average molecular weight is 464 g/mol. The lowest BCUT2D eigenvalue weighted by Gasteiger charge is -2.12. The molecule has 0 spiro atoms. The summed E-state index contributed by atoms with van der Waals surface area (Å²) in [7, 11) is 3.19. The highest BCUT2D eigenvalue weighted by molar-refractivity contribution is 7.99. The Hall–Kier alpha value is -3.59. The number of ether oxygens (including phenoxy) is 2. The highest BCUT2D eigenvalue weighted by Gasteiger charge is 2.14. The van der Waals surface area contributed by atoms with Crippen molar-refractivity contribution in [1.29, 1.82) is 0 Å². The predicted octanol–water partition coefficient (Wildman–Crippen LogP) is 4.46. The predicted molar refractivity (Wildman–Crippen MR) is 129 cm³/mol. The second-order valence-corrected chi connectivity index (χ2v) is 8.59. The van der Waals surface area contributed by atoms with Crippen LogP contribution in [0.15, 0.2) is 47.6 Å². The first kappa shape index (κ1) is 22.6. The third kappa shape index (κ3) is 4.78. The van der Waals surface area contributed by atoms with Gasteiger partial charge in [0.15, 0.2) is 17.1 Å². The Balaban J connectivity index is 1.53. The van der Waals surface area contributed by atoms with Crippen molar-refractivity contribution in [2.24, 2.45) is 0 Å². The van der Waals surface area contributed by atoms with E-state index in [-0.39, 0.29) is 11.7 Å². The van der Waals surface area contributed by atoms with Crippen molar-refractivity contribution in [3.8, 4) is 22.8 Å². The van der Waals surface area contributed by atoms with Crippen molar-refractivity contribution in [1.82, 2.24) is 19.8 Å². The van der Waals surface area contributed by atoms with E-state index in [4.69, 9.17) is 9.47 Å². The lowest BCUT2D eigenvalue weighted by atomic mass is 10.1. The van der Waals surface area contributed by atoms with E-state index < -0.39 is 0 Å². The number of aromatic nitrogens is 4. The van der Waals surface area contributed by atoms with Gasteiger partial charge < -0.3 is 14.8 Å². The first-order valence-corrected chi connectivity index (χ1v) is 11.3. The van der Waals surface area contributed by atoms with Gasteiger partial charge in [0.2, 0.25) is 11.1 Å². The highest BCUT2D eigenvalue weighted by atomic mass is 32.2. The van der Waals surface area contributed by atoms with Gasteiger partial charge in [0, 0.05) is 11.3 Å². The van der Waals surface area contributed by atoms with Gasteiger partial charge in [-0.1, -0.05) is 29.5 Å². The first-order chi connectivity index (χ1) is 15.9. The van der Waals surface area contributed by atoms with Crippen LogP contribution < -0.4 is 14.8 Å². The molecule has 0 aliphatic heterocycles. The number of fused-ring (bicyclic) bond motifs is 1. The highest BCUT2D eigenvalue weighted by Crippen LogP contribution is 2.32. The Morgan fingerprint density at radius 2 is 1.70 bits per heavy atom. The molecule has 0 atom stereocenters. The molecule has 0 saturated heterocycles. The lowest BCUT2D eigenvalue weighted by molar-refractivity contribution is -0.113. The number of nitrogens with one attached hydrogen (secondary N) is 1. The van der Waals surface area contributed by atoms with E-state index in [0.717, 1.165) is 28.1 Å². The van der Waals surface area contributed by atoms with Gasteiger partial charge in [0.25, 0.3) is 0 Å². The number of nitrogens with zero attached hydrogens (tertiary/aromatic N) is 4. The molecule has 2 aromatic heterocycles. The van der Waals surface area contributed by atoms with Gasteiger partial charge in [0.05, 0.1) is 25.7 Å². The molecule has 1 N–H and O–H groups in total. The quantitative estimate of drug-likeness (QED) is 0.405. The van der Waals surface area contributed by atoms with Crippen molar-refractivity contribution in [3.63, 3.8) is 0 Å². The molecule has 4 aromatic rings. The molecule has 0 radical (unpaired) electrons. The van der Waals surface area contributed by atoms with Crippen molar-refractivity contribution < 1.29 is 14.3 Å². The summed E-state index contributed by atoms with van der Waals surface area (Å²) in [5.74, 6) is 1.35. The molecule has 4 rings (SSSR count). The van der Waals surface area contributed by atoms with Crippen LogP contribution in [0.1, 0.15) is 16.7 Å². The number of carbonyl (C=O) groups is 1. The summed E-state index contributed by atoms with van der Waals surface area (Å²) in [4.78, 5) is 12.6. The number of anilines is 1. The number of amides is 1. The van der Waals surface area contributed by atoms with Crippen LogP contribution >= 0.6 is 11.8 Å². The number of benzene rings is 2. The van der Waals surface area contributed by atoms with Gasteiger partial charge in [-0.2, -0.15) is 9.61 Å². The maximum absolute atomic E-state index is 12.6. The van der Waals surface area contributed by atoms with E-state index in [1.54, 1.807) is 18.7 Å². The Bertz CT molecular complexity index is 1310. The monoisotopic (exact) mass is 463 g/mol. The second-order valence-electron chi connectivity index (χ2n) is 7.65. The third-order valence-electron chi connectivity index (χ3n) is 5.19. The Labute approximate surface area is 196 Å². The summed E-state index contributed by atoms with van der Waals surface area (Å²) in [6.45, 7) is 6.03. The number of rotatable bonds is 7. The maximum atomic E-state index is 12.6. The van der Waals surface area contributed by atoms with Crippen LogP contribution in [-0.2, 0) is 4.79 Å². The molecular weight excluding hydrogens is 438 g/mol.